The topological polar surface area (TPSA) is 57.3 Å². The summed E-state index contributed by atoms with van der Waals surface area (Å²) in [5.74, 6) is 3.66. The van der Waals surface area contributed by atoms with Crippen molar-refractivity contribution < 1.29 is 14.2 Å². The Morgan fingerprint density at radius 2 is 1.82 bits per heavy atom. The molecule has 0 N–H and O–H groups in total. The second-order valence-electron chi connectivity index (χ2n) is 7.06. The van der Waals surface area contributed by atoms with E-state index in [-0.39, 0.29) is 0 Å². The number of rotatable bonds is 6. The molecule has 2 bridgehead atoms. The first kappa shape index (κ1) is 18.8. The van der Waals surface area contributed by atoms with E-state index in [0.717, 1.165) is 22.0 Å². The van der Waals surface area contributed by atoms with Crippen molar-refractivity contribution in [2.45, 2.75) is 12.8 Å². The number of allylic oxidation sites excluding steroid dienone is 2. The summed E-state index contributed by atoms with van der Waals surface area (Å²) in [6, 6.07) is 3.88. The molecule has 148 valence electrons. The number of thiazole rings is 1. The molecule has 2 aromatic rings. The number of methoxy groups -OCH3 is 3. The van der Waals surface area contributed by atoms with Gasteiger partial charge in [0.05, 0.1) is 27.0 Å². The average Bonchev–Trinajstić information content (AvgIpc) is 3.46. The molecule has 1 fully saturated rings. The monoisotopic (exact) mass is 399 g/mol. The zero-order valence-electron chi connectivity index (χ0n) is 16.6. The van der Waals surface area contributed by atoms with Crippen LogP contribution in [0.15, 0.2) is 39.8 Å². The number of aromatic nitrogens is 1. The zero-order chi connectivity index (χ0) is 19.7. The van der Waals surface area contributed by atoms with Gasteiger partial charge in [0.1, 0.15) is 0 Å². The van der Waals surface area contributed by atoms with E-state index in [4.69, 9.17) is 19.3 Å². The first-order valence-electron chi connectivity index (χ1n) is 9.35. The van der Waals surface area contributed by atoms with E-state index in [1.165, 1.54) is 12.8 Å². The fourth-order valence-electron chi connectivity index (χ4n) is 4.14. The fraction of sp³-hybridized carbons (Fsp3) is 0.429. The van der Waals surface area contributed by atoms with Crippen molar-refractivity contribution in [2.24, 2.45) is 27.8 Å². The highest BCUT2D eigenvalue weighted by Gasteiger charge is 2.34. The van der Waals surface area contributed by atoms with Crippen LogP contribution in [0.3, 0.4) is 0 Å². The van der Waals surface area contributed by atoms with Gasteiger partial charge in [-0.15, -0.1) is 11.3 Å². The van der Waals surface area contributed by atoms with E-state index in [0.29, 0.717) is 29.1 Å². The van der Waals surface area contributed by atoms with E-state index in [1.807, 2.05) is 16.8 Å². The predicted octanol–water partition coefficient (Wildman–Crippen LogP) is 3.82. The van der Waals surface area contributed by atoms with E-state index < -0.39 is 0 Å². The zero-order valence-corrected chi connectivity index (χ0v) is 17.4. The smallest absolute Gasteiger partial charge is 0.205 e. The predicted molar refractivity (Wildman–Crippen MR) is 112 cm³/mol. The molecule has 7 heteroatoms. The van der Waals surface area contributed by atoms with E-state index in [9.17, 15) is 0 Å². The lowest BCUT2D eigenvalue weighted by Crippen LogP contribution is -2.15. The number of hydrogen-bond acceptors (Lipinski definition) is 6. The average molecular weight is 400 g/mol. The maximum atomic E-state index is 5.51. The molecule has 1 heterocycles. The molecule has 2 aliphatic rings. The van der Waals surface area contributed by atoms with Gasteiger partial charge >= 0.3 is 0 Å². The van der Waals surface area contributed by atoms with Gasteiger partial charge < -0.3 is 14.2 Å². The van der Waals surface area contributed by atoms with Crippen LogP contribution in [0, 0.1) is 17.8 Å². The molecule has 0 saturated heterocycles. The van der Waals surface area contributed by atoms with Gasteiger partial charge in [0.25, 0.3) is 0 Å². The minimum Gasteiger partial charge on any atom is -0.493 e. The van der Waals surface area contributed by atoms with Crippen LogP contribution in [0.5, 0.6) is 17.2 Å². The van der Waals surface area contributed by atoms with Crippen molar-refractivity contribution in [3.63, 3.8) is 0 Å². The van der Waals surface area contributed by atoms with Crippen molar-refractivity contribution in [1.29, 1.82) is 0 Å². The van der Waals surface area contributed by atoms with Crippen molar-refractivity contribution in [2.75, 3.05) is 28.4 Å². The normalized spacial score (nSPS) is 23.7. The maximum Gasteiger partial charge on any atom is 0.205 e. The standard InChI is InChI=1S/C21H25N3O3S/c1-22-21-24(23-11-16-8-13-5-6-14(16)7-13)17(12-28-21)15-9-18(25-2)20(27-4)19(10-15)26-3/h5-6,9-14,16H,7-8H2,1-4H3. The summed E-state index contributed by atoms with van der Waals surface area (Å²) in [7, 11) is 6.64. The molecule has 6 nitrogen and oxygen atoms in total. The SMILES string of the molecule is CN=c1scc(-c2cc(OC)c(OC)c(OC)c2)n1N=CC1CC2C=CC1C2. The summed E-state index contributed by atoms with van der Waals surface area (Å²) < 4.78 is 18.4. The highest BCUT2D eigenvalue weighted by atomic mass is 32.1. The fourth-order valence-corrected chi connectivity index (χ4v) is 4.94. The van der Waals surface area contributed by atoms with E-state index >= 15 is 0 Å². The highest BCUT2D eigenvalue weighted by molar-refractivity contribution is 7.07. The lowest BCUT2D eigenvalue weighted by Gasteiger charge is -2.15. The molecular weight excluding hydrogens is 374 g/mol. The Labute approximate surface area is 168 Å². The van der Waals surface area contributed by atoms with Gasteiger partial charge in [-0.1, -0.05) is 12.2 Å². The van der Waals surface area contributed by atoms with E-state index in [2.05, 4.69) is 28.7 Å². The van der Waals surface area contributed by atoms with Gasteiger partial charge in [-0.05, 0) is 36.8 Å². The summed E-state index contributed by atoms with van der Waals surface area (Å²) in [4.78, 5) is 5.24. The summed E-state index contributed by atoms with van der Waals surface area (Å²) >= 11 is 1.56. The lowest BCUT2D eigenvalue weighted by molar-refractivity contribution is 0.324. The molecule has 0 amide bonds. The minimum atomic E-state index is 0.500. The molecule has 3 atom stereocenters. The lowest BCUT2D eigenvalue weighted by atomic mass is 9.95. The van der Waals surface area contributed by atoms with Crippen LogP contribution in [0.1, 0.15) is 12.8 Å². The molecule has 3 unspecified atom stereocenters. The third kappa shape index (κ3) is 3.24. The van der Waals surface area contributed by atoms with Crippen LogP contribution in [-0.2, 0) is 0 Å². The van der Waals surface area contributed by atoms with E-state index in [1.54, 1.807) is 39.7 Å². The van der Waals surface area contributed by atoms with Crippen molar-refractivity contribution in [3.8, 4) is 28.5 Å². The molecule has 0 radical (unpaired) electrons. The summed E-state index contributed by atoms with van der Waals surface area (Å²) in [6.07, 6.45) is 9.23. The second-order valence-corrected chi connectivity index (χ2v) is 7.90. The molecule has 1 aromatic heterocycles. The Bertz CT molecular complexity index is 964. The summed E-state index contributed by atoms with van der Waals surface area (Å²) in [5, 5.41) is 6.89. The van der Waals surface area contributed by atoms with Crippen molar-refractivity contribution in [1.82, 2.24) is 4.68 Å². The summed E-state index contributed by atoms with van der Waals surface area (Å²) in [5.41, 5.74) is 1.88. The van der Waals surface area contributed by atoms with Crippen LogP contribution < -0.4 is 19.0 Å². The molecule has 28 heavy (non-hydrogen) atoms. The third-order valence-corrected chi connectivity index (χ3v) is 6.45. The molecule has 2 aliphatic carbocycles. The van der Waals surface area contributed by atoms with Crippen molar-refractivity contribution >= 4 is 17.6 Å². The maximum absolute atomic E-state index is 5.51. The minimum absolute atomic E-state index is 0.500. The largest absolute Gasteiger partial charge is 0.493 e. The first-order chi connectivity index (χ1) is 13.7. The second kappa shape index (κ2) is 7.83. The van der Waals surface area contributed by atoms with Gasteiger partial charge in [-0.25, -0.2) is 4.68 Å². The van der Waals surface area contributed by atoms with Gasteiger partial charge in [-0.3, -0.25) is 4.99 Å². The van der Waals surface area contributed by atoms with Crippen LogP contribution >= 0.6 is 11.3 Å². The number of nitrogens with zero attached hydrogens (tertiary/aromatic N) is 3. The van der Waals surface area contributed by atoms with Crippen LogP contribution in [-0.4, -0.2) is 39.3 Å². The number of fused-ring (bicyclic) bond motifs is 2. The Balaban J connectivity index is 1.75. The third-order valence-electron chi connectivity index (χ3n) is 5.54. The van der Waals surface area contributed by atoms with Gasteiger partial charge in [-0.2, -0.15) is 5.10 Å². The summed E-state index contributed by atoms with van der Waals surface area (Å²) in [6.45, 7) is 0. The molecule has 0 spiro atoms. The Morgan fingerprint density at radius 1 is 1.07 bits per heavy atom. The van der Waals surface area contributed by atoms with Crippen LogP contribution in [0.25, 0.3) is 11.3 Å². The van der Waals surface area contributed by atoms with Crippen molar-refractivity contribution in [3.05, 3.63) is 34.5 Å². The number of benzene rings is 1. The Morgan fingerprint density at radius 3 is 2.36 bits per heavy atom. The molecule has 1 saturated carbocycles. The first-order valence-corrected chi connectivity index (χ1v) is 10.2. The molecule has 0 aliphatic heterocycles. The van der Waals surface area contributed by atoms with Crippen LogP contribution in [0.4, 0.5) is 0 Å². The van der Waals surface area contributed by atoms with Gasteiger partial charge in [0, 0.05) is 30.1 Å². The quantitative estimate of drug-likeness (QED) is 0.548. The molecule has 4 rings (SSSR count). The number of hydrogen-bond donors (Lipinski definition) is 0. The number of ether oxygens (including phenoxy) is 3. The highest BCUT2D eigenvalue weighted by Crippen LogP contribution is 2.43. The van der Waals surface area contributed by atoms with Gasteiger partial charge in [0.15, 0.2) is 11.5 Å². The Hall–Kier alpha value is -2.54. The van der Waals surface area contributed by atoms with Crippen LogP contribution in [0.2, 0.25) is 0 Å². The van der Waals surface area contributed by atoms with Gasteiger partial charge in [0.2, 0.25) is 10.6 Å². The molecule has 1 aromatic carbocycles. The Kier molecular flexibility index (Phi) is 5.26. The molecular formula is C21H25N3O3S.